The van der Waals surface area contributed by atoms with E-state index in [0.29, 0.717) is 19.3 Å². The molecule has 0 aromatic carbocycles. The fourth-order valence-electron chi connectivity index (χ4n) is 3.04. The molecular formula is C15H21NO5. The Balaban J connectivity index is 2.00. The molecule has 4 atom stereocenters. The predicted octanol–water partition coefficient (Wildman–Crippen LogP) is 1.09. The first kappa shape index (κ1) is 16.0. The third kappa shape index (κ3) is 3.62. The highest BCUT2D eigenvalue weighted by Crippen LogP contribution is 2.42. The molecule has 0 saturated carbocycles. The fraction of sp³-hybridized carbons (Fsp3) is 0.733. The summed E-state index contributed by atoms with van der Waals surface area (Å²) < 4.78 is 16.4. The van der Waals surface area contributed by atoms with Crippen LogP contribution in [-0.4, -0.2) is 48.7 Å². The first-order chi connectivity index (χ1) is 10.1. The van der Waals surface area contributed by atoms with E-state index in [0.717, 1.165) is 12.8 Å². The smallest absolute Gasteiger partial charge is 0.330 e. The highest BCUT2D eigenvalue weighted by Gasteiger charge is 2.52. The maximum atomic E-state index is 11.1. The van der Waals surface area contributed by atoms with Crippen LogP contribution in [0.3, 0.4) is 0 Å². The van der Waals surface area contributed by atoms with Crippen molar-refractivity contribution < 1.29 is 24.1 Å². The van der Waals surface area contributed by atoms with Crippen LogP contribution in [0.2, 0.25) is 0 Å². The van der Waals surface area contributed by atoms with Crippen molar-refractivity contribution in [2.45, 2.75) is 56.0 Å². The van der Waals surface area contributed by atoms with Crippen LogP contribution >= 0.6 is 0 Å². The van der Waals surface area contributed by atoms with Gasteiger partial charge in [0.15, 0.2) is 0 Å². The number of aliphatic hydroxyl groups is 1. The van der Waals surface area contributed by atoms with Crippen LogP contribution in [0.5, 0.6) is 0 Å². The molecule has 116 valence electrons. The lowest BCUT2D eigenvalue weighted by Gasteiger charge is -2.40. The normalized spacial score (nSPS) is 35.4. The average molecular weight is 295 g/mol. The quantitative estimate of drug-likeness (QED) is 0.603. The summed E-state index contributed by atoms with van der Waals surface area (Å²) in [4.78, 5) is 11.1. The third-order valence-corrected chi connectivity index (χ3v) is 4.12. The molecule has 2 fully saturated rings. The van der Waals surface area contributed by atoms with Crippen LogP contribution in [0.1, 0.15) is 32.1 Å². The summed E-state index contributed by atoms with van der Waals surface area (Å²) in [5.41, 5.74) is -0.719. The second-order valence-corrected chi connectivity index (χ2v) is 5.49. The number of nitrogens with zero attached hydrogens (tertiary/aromatic N) is 1. The molecule has 2 heterocycles. The molecule has 0 amide bonds. The van der Waals surface area contributed by atoms with Crippen molar-refractivity contribution in [2.24, 2.45) is 0 Å². The maximum absolute atomic E-state index is 11.1. The van der Waals surface area contributed by atoms with E-state index < -0.39 is 11.6 Å². The van der Waals surface area contributed by atoms with Gasteiger partial charge in [0, 0.05) is 18.9 Å². The van der Waals surface area contributed by atoms with Crippen LogP contribution in [0.4, 0.5) is 0 Å². The maximum Gasteiger partial charge on any atom is 0.330 e. The van der Waals surface area contributed by atoms with Crippen LogP contribution in [0.15, 0.2) is 12.2 Å². The Hall–Kier alpha value is -1.42. The molecule has 21 heavy (non-hydrogen) atoms. The largest absolute Gasteiger partial charge is 0.466 e. The molecule has 6 nitrogen and oxygen atoms in total. The van der Waals surface area contributed by atoms with E-state index >= 15 is 0 Å². The molecule has 0 spiro atoms. The van der Waals surface area contributed by atoms with Crippen LogP contribution in [0.25, 0.3) is 0 Å². The molecule has 2 rings (SSSR count). The number of rotatable bonds is 5. The topological polar surface area (TPSA) is 88.8 Å². The predicted molar refractivity (Wildman–Crippen MR) is 73.2 cm³/mol. The van der Waals surface area contributed by atoms with Crippen molar-refractivity contribution in [3.63, 3.8) is 0 Å². The van der Waals surface area contributed by atoms with Crippen molar-refractivity contribution in [1.82, 2.24) is 0 Å². The Morgan fingerprint density at radius 1 is 1.57 bits per heavy atom. The molecule has 2 aliphatic heterocycles. The van der Waals surface area contributed by atoms with E-state index in [1.54, 1.807) is 6.08 Å². The number of nitriles is 1. The van der Waals surface area contributed by atoms with Gasteiger partial charge in [-0.05, 0) is 25.3 Å². The Kier molecular flexibility index (Phi) is 5.34. The van der Waals surface area contributed by atoms with E-state index in [1.807, 2.05) is 0 Å². The van der Waals surface area contributed by atoms with Gasteiger partial charge in [-0.25, -0.2) is 4.79 Å². The minimum absolute atomic E-state index is 0.0139. The first-order valence-electron chi connectivity index (χ1n) is 7.21. The minimum atomic E-state index is -0.719. The molecule has 2 saturated heterocycles. The lowest BCUT2D eigenvalue weighted by molar-refractivity contribution is -0.182. The highest BCUT2D eigenvalue weighted by atomic mass is 16.6. The summed E-state index contributed by atoms with van der Waals surface area (Å²) in [6.45, 7) is -0.122. The van der Waals surface area contributed by atoms with Gasteiger partial charge < -0.3 is 19.3 Å². The summed E-state index contributed by atoms with van der Waals surface area (Å²) in [6.07, 6.45) is 5.77. The second kappa shape index (κ2) is 7.03. The van der Waals surface area contributed by atoms with Gasteiger partial charge in [-0.15, -0.1) is 0 Å². The van der Waals surface area contributed by atoms with Crippen LogP contribution in [0, 0.1) is 11.3 Å². The average Bonchev–Trinajstić information content (AvgIpc) is 2.88. The lowest BCUT2D eigenvalue weighted by Crippen LogP contribution is -2.51. The fourth-order valence-corrected chi connectivity index (χ4v) is 3.04. The molecular weight excluding hydrogens is 274 g/mol. The van der Waals surface area contributed by atoms with Crippen molar-refractivity contribution in [3.05, 3.63) is 12.2 Å². The monoisotopic (exact) mass is 295 g/mol. The van der Waals surface area contributed by atoms with Crippen molar-refractivity contribution >= 4 is 5.97 Å². The van der Waals surface area contributed by atoms with E-state index in [-0.39, 0.29) is 24.9 Å². The van der Waals surface area contributed by atoms with Crippen LogP contribution in [-0.2, 0) is 19.0 Å². The molecule has 0 aliphatic carbocycles. The van der Waals surface area contributed by atoms with Gasteiger partial charge >= 0.3 is 5.97 Å². The summed E-state index contributed by atoms with van der Waals surface area (Å²) in [6, 6.07) is 2.12. The molecule has 6 heteroatoms. The number of aliphatic hydroxyl groups excluding tert-OH is 1. The van der Waals surface area contributed by atoms with Gasteiger partial charge in [-0.1, -0.05) is 0 Å². The van der Waals surface area contributed by atoms with Gasteiger partial charge in [0.2, 0.25) is 0 Å². The summed E-state index contributed by atoms with van der Waals surface area (Å²) in [7, 11) is 1.32. The number of ether oxygens (including phenoxy) is 3. The molecule has 0 aromatic heterocycles. The number of methoxy groups -OCH3 is 1. The number of esters is 1. The number of carbonyl (C=O) groups excluding carboxylic acids is 1. The number of fused-ring (bicyclic) bond motifs is 1. The molecule has 1 N–H and O–H groups in total. The molecule has 0 bridgehead atoms. The first-order valence-corrected chi connectivity index (χ1v) is 7.21. The number of hydrogen-bond acceptors (Lipinski definition) is 6. The lowest BCUT2D eigenvalue weighted by atomic mass is 9.86. The van der Waals surface area contributed by atoms with E-state index in [9.17, 15) is 9.90 Å². The van der Waals surface area contributed by atoms with Crippen LogP contribution < -0.4 is 0 Å². The van der Waals surface area contributed by atoms with E-state index in [4.69, 9.17) is 14.7 Å². The summed E-state index contributed by atoms with van der Waals surface area (Å²) in [5.74, 6) is -0.431. The number of hydrogen-bond donors (Lipinski definition) is 1. The SMILES string of the molecule is COC(=O)/C=C/C1CC2(CO)O[C@@H](CCC#N)CC[C@@H]2O1. The van der Waals surface area contributed by atoms with E-state index in [1.165, 1.54) is 13.2 Å². The third-order valence-electron chi connectivity index (χ3n) is 4.12. The van der Waals surface area contributed by atoms with Gasteiger partial charge in [0.1, 0.15) is 5.60 Å². The highest BCUT2D eigenvalue weighted by molar-refractivity contribution is 5.81. The Labute approximate surface area is 124 Å². The molecule has 0 aromatic rings. The van der Waals surface area contributed by atoms with Gasteiger partial charge in [0.05, 0.1) is 38.1 Å². The second-order valence-electron chi connectivity index (χ2n) is 5.49. The van der Waals surface area contributed by atoms with Crippen molar-refractivity contribution in [2.75, 3.05) is 13.7 Å². The molecule has 2 aliphatic rings. The van der Waals surface area contributed by atoms with Gasteiger partial charge in [0.25, 0.3) is 0 Å². The minimum Gasteiger partial charge on any atom is -0.466 e. The Morgan fingerprint density at radius 2 is 2.38 bits per heavy atom. The summed E-state index contributed by atoms with van der Waals surface area (Å²) >= 11 is 0. The molecule has 2 unspecified atom stereocenters. The zero-order chi connectivity index (χ0) is 15.3. The van der Waals surface area contributed by atoms with E-state index in [2.05, 4.69) is 10.8 Å². The van der Waals surface area contributed by atoms with Gasteiger partial charge in [-0.2, -0.15) is 5.26 Å². The van der Waals surface area contributed by atoms with Crippen molar-refractivity contribution in [1.29, 1.82) is 5.26 Å². The number of carbonyl (C=O) groups is 1. The van der Waals surface area contributed by atoms with Gasteiger partial charge in [-0.3, -0.25) is 0 Å². The Bertz CT molecular complexity index is 444. The standard InChI is InChI=1S/C15H21NO5/c1-19-14(18)7-5-12-9-15(10-17)13(20-12)6-4-11(21-15)3-2-8-16/h5,7,11-13,17H,2-4,6,9-10H2,1H3/b7-5+/t11-,12?,13-,15?/m0/s1. The summed E-state index contributed by atoms with van der Waals surface area (Å²) in [5, 5.41) is 18.4. The molecule has 0 radical (unpaired) electrons. The Morgan fingerprint density at radius 3 is 3.05 bits per heavy atom. The zero-order valence-electron chi connectivity index (χ0n) is 12.2. The van der Waals surface area contributed by atoms with Crippen molar-refractivity contribution in [3.8, 4) is 6.07 Å². The zero-order valence-corrected chi connectivity index (χ0v) is 12.2.